The summed E-state index contributed by atoms with van der Waals surface area (Å²) in [7, 11) is -3.42. The molecule has 3 aromatic rings. The molecule has 3 heterocycles. The summed E-state index contributed by atoms with van der Waals surface area (Å²) in [5.74, 6) is -0.164. The van der Waals surface area contributed by atoms with Gasteiger partial charge in [0.15, 0.2) is 0 Å². The summed E-state index contributed by atoms with van der Waals surface area (Å²) in [6.07, 6.45) is 1.97. The van der Waals surface area contributed by atoms with Crippen molar-refractivity contribution in [1.29, 1.82) is 0 Å². The van der Waals surface area contributed by atoms with E-state index in [1.54, 1.807) is 23.5 Å². The molecule has 0 unspecified atom stereocenters. The molecule has 0 saturated carbocycles. The Hall–Kier alpha value is -1.81. The molecule has 1 aliphatic rings. The molecular weight excluding hydrogens is 402 g/mol. The second-order valence-corrected chi connectivity index (χ2v) is 11.0. The number of aromatic nitrogens is 1. The predicted octanol–water partition coefficient (Wildman–Crippen LogP) is 3.63. The van der Waals surface area contributed by atoms with Crippen LogP contribution in [0.1, 0.15) is 22.7 Å². The Morgan fingerprint density at radius 2 is 1.96 bits per heavy atom. The van der Waals surface area contributed by atoms with E-state index in [2.05, 4.69) is 10.3 Å². The highest BCUT2D eigenvalue weighted by Gasteiger charge is 2.28. The van der Waals surface area contributed by atoms with Crippen LogP contribution in [0.4, 0.5) is 5.69 Å². The van der Waals surface area contributed by atoms with Gasteiger partial charge < -0.3 is 5.32 Å². The average Bonchev–Trinajstić information content (AvgIpc) is 3.34. The van der Waals surface area contributed by atoms with Crippen molar-refractivity contribution >= 4 is 54.5 Å². The minimum atomic E-state index is -3.42. The molecule has 1 N–H and O–H groups in total. The SMILES string of the molecule is Cc1nc2ccc(NC(=O)Cc3ccc(S(=O)(=O)N4CCCC4)s3)cc2s1. The van der Waals surface area contributed by atoms with Crippen LogP contribution >= 0.6 is 22.7 Å². The van der Waals surface area contributed by atoms with Crippen LogP contribution in [0.5, 0.6) is 0 Å². The van der Waals surface area contributed by atoms with Gasteiger partial charge in [0.1, 0.15) is 4.21 Å². The van der Waals surface area contributed by atoms with Crippen molar-refractivity contribution in [3.63, 3.8) is 0 Å². The zero-order valence-electron chi connectivity index (χ0n) is 14.8. The summed E-state index contributed by atoms with van der Waals surface area (Å²) in [5, 5.41) is 3.87. The Balaban J connectivity index is 1.44. The van der Waals surface area contributed by atoms with E-state index in [4.69, 9.17) is 0 Å². The summed E-state index contributed by atoms with van der Waals surface area (Å²) in [6, 6.07) is 8.96. The van der Waals surface area contributed by atoms with Crippen molar-refractivity contribution in [2.75, 3.05) is 18.4 Å². The van der Waals surface area contributed by atoms with E-state index in [0.29, 0.717) is 17.3 Å². The van der Waals surface area contributed by atoms with E-state index >= 15 is 0 Å². The first-order chi connectivity index (χ1) is 12.9. The summed E-state index contributed by atoms with van der Waals surface area (Å²) in [6.45, 7) is 3.11. The van der Waals surface area contributed by atoms with Gasteiger partial charge in [0.05, 0.1) is 21.6 Å². The van der Waals surface area contributed by atoms with Crippen molar-refractivity contribution in [2.24, 2.45) is 0 Å². The van der Waals surface area contributed by atoms with Crippen molar-refractivity contribution in [3.05, 3.63) is 40.2 Å². The molecule has 142 valence electrons. The smallest absolute Gasteiger partial charge is 0.252 e. The van der Waals surface area contributed by atoms with E-state index in [1.165, 1.54) is 15.6 Å². The van der Waals surface area contributed by atoms with Gasteiger partial charge >= 0.3 is 0 Å². The third kappa shape index (κ3) is 3.91. The van der Waals surface area contributed by atoms with Crippen LogP contribution in [0.25, 0.3) is 10.2 Å². The Bertz CT molecular complexity index is 1100. The lowest BCUT2D eigenvalue weighted by Crippen LogP contribution is -2.27. The molecule has 1 fully saturated rings. The number of benzene rings is 1. The van der Waals surface area contributed by atoms with Crippen molar-refractivity contribution in [3.8, 4) is 0 Å². The molecule has 6 nitrogen and oxygen atoms in total. The van der Waals surface area contributed by atoms with Gasteiger partial charge in [-0.3, -0.25) is 4.79 Å². The third-order valence-corrected chi connectivity index (χ3v) is 8.79. The van der Waals surface area contributed by atoms with Crippen molar-refractivity contribution in [1.82, 2.24) is 9.29 Å². The first-order valence-electron chi connectivity index (χ1n) is 8.68. The monoisotopic (exact) mass is 421 g/mol. The maximum absolute atomic E-state index is 12.6. The number of aryl methyl sites for hydroxylation is 1. The van der Waals surface area contributed by atoms with Gasteiger partial charge in [-0.1, -0.05) is 0 Å². The highest BCUT2D eigenvalue weighted by molar-refractivity contribution is 7.91. The number of carbonyl (C=O) groups excluding carboxylic acids is 1. The molecule has 1 aliphatic heterocycles. The molecule has 4 rings (SSSR count). The van der Waals surface area contributed by atoms with Gasteiger partial charge in [0.25, 0.3) is 10.0 Å². The molecule has 1 amide bonds. The van der Waals surface area contributed by atoms with E-state index in [9.17, 15) is 13.2 Å². The second kappa shape index (κ2) is 7.31. The number of fused-ring (bicyclic) bond motifs is 1. The maximum Gasteiger partial charge on any atom is 0.252 e. The van der Waals surface area contributed by atoms with Crippen LogP contribution in [-0.2, 0) is 21.2 Å². The van der Waals surface area contributed by atoms with Crippen LogP contribution in [-0.4, -0.2) is 36.7 Å². The molecule has 0 bridgehead atoms. The minimum Gasteiger partial charge on any atom is -0.326 e. The van der Waals surface area contributed by atoms with Crippen LogP contribution in [0.2, 0.25) is 0 Å². The fourth-order valence-electron chi connectivity index (χ4n) is 3.13. The number of nitrogens with one attached hydrogen (secondary N) is 1. The largest absolute Gasteiger partial charge is 0.326 e. The molecule has 9 heteroatoms. The van der Waals surface area contributed by atoms with Gasteiger partial charge in [0.2, 0.25) is 5.91 Å². The lowest BCUT2D eigenvalue weighted by molar-refractivity contribution is -0.115. The van der Waals surface area contributed by atoms with Gasteiger partial charge in [-0.25, -0.2) is 13.4 Å². The van der Waals surface area contributed by atoms with Crippen LogP contribution in [0.15, 0.2) is 34.5 Å². The first-order valence-corrected chi connectivity index (χ1v) is 11.7. The molecule has 1 aromatic carbocycles. The first kappa shape index (κ1) is 18.5. The Labute approximate surface area is 165 Å². The molecule has 2 aromatic heterocycles. The zero-order chi connectivity index (χ0) is 19.0. The van der Waals surface area contributed by atoms with Gasteiger partial charge in [-0.15, -0.1) is 22.7 Å². The highest BCUT2D eigenvalue weighted by atomic mass is 32.2. The number of carbonyl (C=O) groups is 1. The zero-order valence-corrected chi connectivity index (χ0v) is 17.2. The number of thiazole rings is 1. The second-order valence-electron chi connectivity index (χ2n) is 6.47. The van der Waals surface area contributed by atoms with Crippen molar-refractivity contribution < 1.29 is 13.2 Å². The van der Waals surface area contributed by atoms with Crippen LogP contribution in [0, 0.1) is 6.92 Å². The number of hydrogen-bond acceptors (Lipinski definition) is 6. The molecule has 0 aliphatic carbocycles. The molecule has 0 spiro atoms. The number of amides is 1. The number of thiophene rings is 1. The Morgan fingerprint density at radius 1 is 1.19 bits per heavy atom. The van der Waals surface area contributed by atoms with E-state index in [1.807, 2.05) is 25.1 Å². The number of rotatable bonds is 5. The summed E-state index contributed by atoms with van der Waals surface area (Å²) in [5.41, 5.74) is 1.64. The fourth-order valence-corrected chi connectivity index (χ4v) is 7.02. The standard InChI is InChI=1S/C18H19N3O3S3/c1-12-19-15-6-4-13(10-16(15)25-12)20-17(22)11-14-5-7-18(26-14)27(23,24)21-8-2-3-9-21/h4-7,10H,2-3,8-9,11H2,1H3,(H,20,22). The lowest BCUT2D eigenvalue weighted by Gasteiger charge is -2.13. The van der Waals surface area contributed by atoms with Gasteiger partial charge in [-0.2, -0.15) is 4.31 Å². The number of anilines is 1. The number of sulfonamides is 1. The Morgan fingerprint density at radius 3 is 2.74 bits per heavy atom. The van der Waals surface area contributed by atoms with Crippen molar-refractivity contribution in [2.45, 2.75) is 30.4 Å². The molecule has 1 saturated heterocycles. The fraction of sp³-hybridized carbons (Fsp3) is 0.333. The van der Waals surface area contributed by atoms with E-state index in [0.717, 1.165) is 38.6 Å². The van der Waals surface area contributed by atoms with Gasteiger partial charge in [-0.05, 0) is 50.1 Å². The normalized spacial score (nSPS) is 15.4. The molecular formula is C18H19N3O3S3. The van der Waals surface area contributed by atoms with Gasteiger partial charge in [0, 0.05) is 23.7 Å². The number of hydrogen-bond donors (Lipinski definition) is 1. The van der Waals surface area contributed by atoms with Crippen LogP contribution in [0.3, 0.4) is 0 Å². The quantitative estimate of drug-likeness (QED) is 0.682. The molecule has 0 radical (unpaired) electrons. The highest BCUT2D eigenvalue weighted by Crippen LogP contribution is 2.28. The molecule has 0 atom stereocenters. The lowest BCUT2D eigenvalue weighted by atomic mass is 10.2. The number of nitrogens with zero attached hydrogens (tertiary/aromatic N) is 2. The molecule has 27 heavy (non-hydrogen) atoms. The minimum absolute atomic E-state index is 0.153. The average molecular weight is 422 g/mol. The van der Waals surface area contributed by atoms with E-state index in [-0.39, 0.29) is 12.3 Å². The topological polar surface area (TPSA) is 79.4 Å². The summed E-state index contributed by atoms with van der Waals surface area (Å²) >= 11 is 2.76. The van der Waals surface area contributed by atoms with Crippen LogP contribution < -0.4 is 5.32 Å². The maximum atomic E-state index is 12.6. The summed E-state index contributed by atoms with van der Waals surface area (Å²) < 4.78 is 28.0. The summed E-state index contributed by atoms with van der Waals surface area (Å²) in [4.78, 5) is 17.5. The third-order valence-electron chi connectivity index (χ3n) is 4.41. The predicted molar refractivity (Wildman–Crippen MR) is 109 cm³/mol. The Kier molecular flexibility index (Phi) is 5.02. The van der Waals surface area contributed by atoms with E-state index < -0.39 is 10.0 Å².